The minimum atomic E-state index is -4.27. The molecule has 0 spiro atoms. The van der Waals surface area contributed by atoms with Crippen LogP contribution in [0.25, 0.3) is 22.1 Å². The Morgan fingerprint density at radius 2 is 0.852 bits per heavy atom. The van der Waals surface area contributed by atoms with E-state index in [0.29, 0.717) is 26.4 Å². The number of nitrogens with zero attached hydrogens (tertiary/aromatic N) is 4. The second-order valence-corrected chi connectivity index (χ2v) is 16.4. The van der Waals surface area contributed by atoms with E-state index in [1.165, 1.54) is 68.6 Å². The summed E-state index contributed by atoms with van der Waals surface area (Å²) in [4.78, 5) is -0.355. The van der Waals surface area contributed by atoms with Crippen molar-refractivity contribution in [2.45, 2.75) is 77.5 Å². The molecule has 1 aliphatic rings. The van der Waals surface area contributed by atoms with Crippen molar-refractivity contribution in [2.75, 3.05) is 26.4 Å². The minimum Gasteiger partial charge on any atom is -0.744 e. The Morgan fingerprint density at radius 3 is 1.20 bits per heavy atom. The number of aryl methyl sites for hydroxylation is 6. The summed E-state index contributed by atoms with van der Waals surface area (Å²) in [6, 6.07) is 20.7. The maximum absolute atomic E-state index is 10.4. The largest absolute Gasteiger partial charge is 0.744 e. The van der Waals surface area contributed by atoms with Crippen molar-refractivity contribution < 1.29 is 44.5 Å². The van der Waals surface area contributed by atoms with Gasteiger partial charge in [-0.1, -0.05) is 35.4 Å². The molecule has 0 aliphatic carbocycles. The summed E-state index contributed by atoms with van der Waals surface area (Å²) in [6.45, 7) is 18.5. The van der Waals surface area contributed by atoms with Crippen LogP contribution in [0, 0.1) is 41.5 Å². The van der Waals surface area contributed by atoms with Crippen molar-refractivity contribution in [3.8, 4) is 0 Å². The van der Waals surface area contributed by atoms with Crippen LogP contribution in [0.2, 0.25) is 0 Å². The summed E-state index contributed by atoms with van der Waals surface area (Å²) in [6.07, 6.45) is 4.43. The molecule has 3 heterocycles. The SMILES string of the molecule is Cc1cc2c(cc1C)[n+]1cn2CCOCCn2c[n+](c3cc(C)c(C)cc32)CCOCC1.Cc1ccc(S(=O)(=O)[O-])cc1.Cc1ccc(S(=O)(=O)[O-])cc1. The number of hydrogen-bond acceptors (Lipinski definition) is 8. The van der Waals surface area contributed by atoms with Crippen molar-refractivity contribution >= 4 is 42.3 Å². The van der Waals surface area contributed by atoms with E-state index in [1.807, 2.05) is 13.8 Å². The van der Waals surface area contributed by atoms with Crippen LogP contribution in [0.15, 0.2) is 95.2 Å². The van der Waals surface area contributed by atoms with Crippen LogP contribution >= 0.6 is 0 Å². The Morgan fingerprint density at radius 1 is 0.519 bits per heavy atom. The molecule has 54 heavy (non-hydrogen) atoms. The molecule has 4 aromatic carbocycles. The van der Waals surface area contributed by atoms with E-state index in [2.05, 4.69) is 82.9 Å². The molecular weight excluding hydrogens is 729 g/mol. The van der Waals surface area contributed by atoms with Gasteiger partial charge in [-0.15, -0.1) is 0 Å². The zero-order valence-corrected chi connectivity index (χ0v) is 33.2. The van der Waals surface area contributed by atoms with Crippen LogP contribution < -0.4 is 9.13 Å². The van der Waals surface area contributed by atoms with Crippen LogP contribution in [0.1, 0.15) is 33.4 Å². The van der Waals surface area contributed by atoms with Gasteiger partial charge in [0.15, 0.2) is 22.1 Å². The van der Waals surface area contributed by atoms with Crippen molar-refractivity contribution in [3.63, 3.8) is 0 Å². The summed E-state index contributed by atoms with van der Waals surface area (Å²) >= 11 is 0. The summed E-state index contributed by atoms with van der Waals surface area (Å²) < 4.78 is 83.8. The molecule has 0 radical (unpaired) electrons. The van der Waals surface area contributed by atoms with Crippen LogP contribution in [-0.2, 0) is 55.9 Å². The highest BCUT2D eigenvalue weighted by Gasteiger charge is 2.19. The Hall–Kier alpha value is -4.44. The van der Waals surface area contributed by atoms with Crippen LogP contribution in [0.3, 0.4) is 0 Å². The van der Waals surface area contributed by atoms with Gasteiger partial charge in [-0.25, -0.2) is 35.1 Å². The zero-order valence-electron chi connectivity index (χ0n) is 31.6. The highest BCUT2D eigenvalue weighted by atomic mass is 32.2. The number of imidazole rings is 2. The normalized spacial score (nSPS) is 14.2. The van der Waals surface area contributed by atoms with Crippen LogP contribution in [0.5, 0.6) is 0 Å². The Balaban J connectivity index is 0.000000208. The van der Waals surface area contributed by atoms with Crippen molar-refractivity contribution in [1.29, 1.82) is 0 Å². The molecule has 0 fully saturated rings. The first kappa shape index (κ1) is 40.7. The number of fused-ring (bicyclic) bond motifs is 10. The fourth-order valence-electron chi connectivity index (χ4n) is 6.06. The first-order valence-corrected chi connectivity index (χ1v) is 20.5. The second-order valence-electron chi connectivity index (χ2n) is 13.6. The molecule has 0 saturated heterocycles. The molecule has 2 aromatic heterocycles. The molecule has 12 nitrogen and oxygen atoms in total. The standard InChI is InChI=1S/C26H34N4O2.2C7H8O3S/c1-19-13-23-24(14-20(19)2)28-6-10-32-12-8-30-18-29(7-11-31-9-5-27(23)17-28)25-15-21(3)22(4)16-26(25)30;2*1-6-2-4-7(5-3-6)11(8,9)10/h13-18H,5-12H2,1-4H3;2*2-5H,1H3,(H,8,9,10)/q+2;;/p-2. The van der Waals surface area contributed by atoms with E-state index in [1.54, 1.807) is 24.3 Å². The van der Waals surface area contributed by atoms with E-state index in [4.69, 9.17) is 9.47 Å². The lowest BCUT2D eigenvalue weighted by Crippen LogP contribution is -2.37. The number of rotatable bonds is 2. The molecule has 1 aliphatic heterocycles. The van der Waals surface area contributed by atoms with E-state index < -0.39 is 20.2 Å². The number of aromatic nitrogens is 4. The Kier molecular flexibility index (Phi) is 13.1. The Bertz CT molecular complexity index is 2190. The molecule has 0 saturated carbocycles. The van der Waals surface area contributed by atoms with E-state index >= 15 is 0 Å². The summed E-state index contributed by atoms with van der Waals surface area (Å²) in [5.41, 5.74) is 12.2. The van der Waals surface area contributed by atoms with Gasteiger partial charge >= 0.3 is 0 Å². The highest BCUT2D eigenvalue weighted by Crippen LogP contribution is 2.19. The van der Waals surface area contributed by atoms with Gasteiger partial charge in [0.2, 0.25) is 12.7 Å². The molecule has 0 N–H and O–H groups in total. The molecule has 288 valence electrons. The number of benzene rings is 4. The number of ether oxygens (including phenoxy) is 2. The lowest BCUT2D eigenvalue weighted by atomic mass is 10.1. The smallest absolute Gasteiger partial charge is 0.244 e. The maximum Gasteiger partial charge on any atom is 0.244 e. The average Bonchev–Trinajstić information content (AvgIpc) is 3.60. The summed E-state index contributed by atoms with van der Waals surface area (Å²) in [5, 5.41) is 0. The highest BCUT2D eigenvalue weighted by molar-refractivity contribution is 7.86. The van der Waals surface area contributed by atoms with E-state index in [-0.39, 0.29) is 9.79 Å². The van der Waals surface area contributed by atoms with Crippen molar-refractivity contribution in [2.24, 2.45) is 0 Å². The molecule has 0 atom stereocenters. The second kappa shape index (κ2) is 17.4. The fraction of sp³-hybridized carbons (Fsp3) is 0.350. The monoisotopic (exact) mass is 776 g/mol. The average molecular weight is 777 g/mol. The quantitative estimate of drug-likeness (QED) is 0.177. The molecule has 7 rings (SSSR count). The predicted octanol–water partition coefficient (Wildman–Crippen LogP) is 4.95. The molecular formula is C40H48N4O8S2. The zero-order chi connectivity index (χ0) is 39.2. The minimum absolute atomic E-state index is 0.178. The third-order valence-electron chi connectivity index (χ3n) is 9.50. The van der Waals surface area contributed by atoms with Crippen molar-refractivity contribution in [3.05, 3.63) is 119 Å². The lowest BCUT2D eigenvalue weighted by molar-refractivity contribution is -0.681. The van der Waals surface area contributed by atoms with Crippen LogP contribution in [-0.4, -0.2) is 61.5 Å². The van der Waals surface area contributed by atoms with Gasteiger partial charge in [-0.05, 0) is 112 Å². The molecule has 4 bridgehead atoms. The summed E-state index contributed by atoms with van der Waals surface area (Å²) in [5.74, 6) is 0. The maximum atomic E-state index is 10.4. The lowest BCUT2D eigenvalue weighted by Gasteiger charge is -2.05. The molecule has 0 unspecified atom stereocenters. The predicted molar refractivity (Wildman–Crippen MR) is 203 cm³/mol. The van der Waals surface area contributed by atoms with Crippen LogP contribution in [0.4, 0.5) is 0 Å². The van der Waals surface area contributed by atoms with Gasteiger partial charge in [-0.2, -0.15) is 0 Å². The Labute approximate surface area is 317 Å². The molecule has 14 heteroatoms. The number of hydrogen-bond donors (Lipinski definition) is 0. The van der Waals surface area contributed by atoms with Gasteiger partial charge in [0.1, 0.15) is 46.4 Å². The molecule has 0 amide bonds. The molecule has 6 aromatic rings. The first-order valence-electron chi connectivity index (χ1n) is 17.7. The summed E-state index contributed by atoms with van der Waals surface area (Å²) in [7, 11) is -8.54. The third kappa shape index (κ3) is 10.4. The van der Waals surface area contributed by atoms with Gasteiger partial charge in [-0.3, -0.25) is 0 Å². The van der Waals surface area contributed by atoms with Gasteiger partial charge in [0.25, 0.3) is 0 Å². The van der Waals surface area contributed by atoms with Crippen molar-refractivity contribution in [1.82, 2.24) is 9.13 Å². The van der Waals surface area contributed by atoms with Gasteiger partial charge < -0.3 is 18.6 Å². The van der Waals surface area contributed by atoms with E-state index in [0.717, 1.165) is 37.3 Å². The van der Waals surface area contributed by atoms with Gasteiger partial charge in [0.05, 0.1) is 36.2 Å². The van der Waals surface area contributed by atoms with E-state index in [9.17, 15) is 25.9 Å². The third-order valence-corrected chi connectivity index (χ3v) is 11.2. The first-order chi connectivity index (χ1) is 25.5. The fourth-order valence-corrected chi connectivity index (χ4v) is 6.99. The topological polar surface area (TPSA) is 150 Å². The van der Waals surface area contributed by atoms with Gasteiger partial charge in [0, 0.05) is 0 Å².